The summed E-state index contributed by atoms with van der Waals surface area (Å²) in [6, 6.07) is 13.3. The Morgan fingerprint density at radius 3 is 1.63 bits per heavy atom. The number of hydrogen-bond acceptors (Lipinski definition) is 21. The van der Waals surface area contributed by atoms with E-state index in [1.165, 1.54) is 43.2 Å². The maximum absolute atomic E-state index is 12.0. The van der Waals surface area contributed by atoms with Crippen LogP contribution in [0.1, 0.15) is 51.9 Å². The van der Waals surface area contributed by atoms with Crippen molar-refractivity contribution < 1.29 is 69.9 Å². The van der Waals surface area contributed by atoms with Crippen LogP contribution < -0.4 is 0 Å². The number of rotatable bonds is 20. The lowest BCUT2D eigenvalue weighted by atomic mass is 10.3. The average Bonchev–Trinajstić information content (AvgIpc) is 3.68. The standard InChI is InChI=1S/C13H14N2O7S3.C9H11NO5S3.C8H17N3.C4H5NO3.ClH/c16-11-4-5-12(17)15(11)22-13(18)9(25(19,20)21)6-8-23-24-10-3-1-2-7-14-10;11-9(12)7(18(13,14)15)4-6-16-17-8-3-1-2-5-10-8;1-4-9-8-10-6-5-7-11(2)3;6-3-1-2-4(7)5(3)8;/h1-3,7,9H,4-6,8H2,(H,19,20,21);1-3,5,7H,4,6H2,(H,11,12)(H,13,14,15);4-7H2,1-3H3;8H,1-2H2;1H. The maximum atomic E-state index is 12.0. The predicted octanol–water partition coefficient (Wildman–Crippen LogP) is 3.71. The first-order chi connectivity index (χ1) is 29.2. The first-order valence-corrected chi connectivity index (χ1v) is 25.7. The number of carbonyl (C=O) groups is 6. The van der Waals surface area contributed by atoms with Crippen LogP contribution in [0, 0.1) is 0 Å². The van der Waals surface area contributed by atoms with Gasteiger partial charge in [-0.1, -0.05) is 33.7 Å². The minimum Gasteiger partial charge on any atom is -0.480 e. The minimum atomic E-state index is -4.75. The van der Waals surface area contributed by atoms with Gasteiger partial charge in [0.25, 0.3) is 43.9 Å². The van der Waals surface area contributed by atoms with Crippen molar-refractivity contribution >= 4 is 117 Å². The molecular weight excluding hydrogens is 974 g/mol. The first-order valence-electron chi connectivity index (χ1n) is 18.1. The van der Waals surface area contributed by atoms with E-state index in [1.54, 1.807) is 42.7 Å². The van der Waals surface area contributed by atoms with Crippen LogP contribution in [0.4, 0.5) is 0 Å². The number of aromatic nitrogens is 2. The SMILES string of the molecule is CCN=C=NCCCN(C)C.Cl.O=C(O)C(CCSSc1ccccn1)S(=O)(=O)O.O=C(ON1C(=O)CCC1=O)C(CCSSc1ccccn1)S(=O)(=O)O.O=C1CCC(=O)N1O. The Labute approximate surface area is 386 Å². The molecule has 2 aromatic rings. The van der Waals surface area contributed by atoms with Gasteiger partial charge in [0.15, 0.2) is 10.5 Å². The van der Waals surface area contributed by atoms with Crippen molar-refractivity contribution in [1.82, 2.24) is 25.0 Å². The largest absolute Gasteiger partial charge is 0.480 e. The molecule has 4 heterocycles. The number of pyridine rings is 2. The van der Waals surface area contributed by atoms with E-state index in [-0.39, 0.29) is 72.6 Å². The molecule has 4 rings (SSSR count). The molecule has 0 aromatic carbocycles. The van der Waals surface area contributed by atoms with E-state index in [1.807, 2.05) is 13.0 Å². The molecule has 0 aliphatic carbocycles. The molecule has 4 amide bonds. The number of hydroxylamine groups is 4. The van der Waals surface area contributed by atoms with E-state index in [0.29, 0.717) is 5.03 Å². The summed E-state index contributed by atoms with van der Waals surface area (Å²) < 4.78 is 62.3. The molecule has 0 spiro atoms. The third-order valence-electron chi connectivity index (χ3n) is 7.14. The van der Waals surface area contributed by atoms with Gasteiger partial charge < -0.3 is 14.8 Å². The summed E-state index contributed by atoms with van der Waals surface area (Å²) >= 11 is 0. The van der Waals surface area contributed by atoms with Crippen LogP contribution >= 0.6 is 55.6 Å². The van der Waals surface area contributed by atoms with E-state index in [4.69, 9.17) is 14.9 Å². The second-order valence-corrected chi connectivity index (χ2v) is 20.3. The zero-order chi connectivity index (χ0) is 46.7. The molecule has 0 radical (unpaired) electrons. The van der Waals surface area contributed by atoms with E-state index in [2.05, 4.69) is 49.8 Å². The van der Waals surface area contributed by atoms with Crippen LogP contribution in [0.15, 0.2) is 68.8 Å². The van der Waals surface area contributed by atoms with E-state index >= 15 is 0 Å². The first kappa shape index (κ1) is 59.3. The summed E-state index contributed by atoms with van der Waals surface area (Å²) in [6.07, 6.45) is 3.98. The number of imide groups is 2. The van der Waals surface area contributed by atoms with Crippen molar-refractivity contribution in [2.24, 2.45) is 9.98 Å². The molecule has 2 fully saturated rings. The van der Waals surface area contributed by atoms with Crippen LogP contribution in [0.2, 0.25) is 0 Å². The molecule has 0 saturated carbocycles. The Morgan fingerprint density at radius 1 is 0.810 bits per heavy atom. The van der Waals surface area contributed by atoms with Gasteiger partial charge in [0, 0.05) is 56.1 Å². The molecule has 0 bridgehead atoms. The summed E-state index contributed by atoms with van der Waals surface area (Å²) in [4.78, 5) is 88.6. The Bertz CT molecular complexity index is 2020. The van der Waals surface area contributed by atoms with Crippen molar-refractivity contribution in [3.05, 3.63) is 48.8 Å². The molecule has 2 atom stereocenters. The fourth-order valence-electron chi connectivity index (χ4n) is 4.10. The summed E-state index contributed by atoms with van der Waals surface area (Å²) in [7, 11) is -0.0596. The Balaban J connectivity index is 0.000000882. The zero-order valence-electron chi connectivity index (χ0n) is 34.0. The molecule has 63 heavy (non-hydrogen) atoms. The summed E-state index contributed by atoms with van der Waals surface area (Å²) in [5, 5.41) is 15.3. The van der Waals surface area contributed by atoms with Gasteiger partial charge in [-0.05, 0) is 92.7 Å². The van der Waals surface area contributed by atoms with Crippen molar-refractivity contribution in [1.29, 1.82) is 0 Å². The number of aliphatic carboxylic acids is 1. The lowest BCUT2D eigenvalue weighted by molar-refractivity contribution is -0.197. The lowest BCUT2D eigenvalue weighted by Crippen LogP contribution is -2.39. The Kier molecular flexibility index (Phi) is 30.2. The predicted molar refractivity (Wildman–Crippen MR) is 238 cm³/mol. The number of halogens is 1. The Hall–Kier alpha value is -3.67. The van der Waals surface area contributed by atoms with Crippen LogP contribution in [-0.2, 0) is 53.8 Å². The number of hydrogen-bond donors (Lipinski definition) is 4. The highest BCUT2D eigenvalue weighted by Crippen LogP contribution is 2.31. The van der Waals surface area contributed by atoms with Crippen LogP contribution in [0.5, 0.6) is 0 Å². The highest BCUT2D eigenvalue weighted by atomic mass is 35.5. The maximum Gasteiger partial charge on any atom is 0.353 e. The second kappa shape index (κ2) is 32.1. The number of carbonyl (C=O) groups excluding carboxylic acids is 5. The van der Waals surface area contributed by atoms with Gasteiger partial charge in [0.1, 0.15) is 10.1 Å². The number of carboxylic acids is 1. The summed E-state index contributed by atoms with van der Waals surface area (Å²) in [5.74, 6) is -4.92. The molecule has 29 heteroatoms. The zero-order valence-corrected chi connectivity index (χ0v) is 39.7. The van der Waals surface area contributed by atoms with Crippen LogP contribution in [0.3, 0.4) is 0 Å². The highest BCUT2D eigenvalue weighted by Gasteiger charge is 2.39. The quantitative estimate of drug-likeness (QED) is 0.0367. The third-order valence-corrected chi connectivity index (χ3v) is 14.0. The average molecular weight is 1020 g/mol. The number of carboxylic acid groups (broad SMARTS) is 1. The van der Waals surface area contributed by atoms with Crippen LogP contribution in [-0.4, -0.2) is 159 Å². The third kappa shape index (κ3) is 26.0. The van der Waals surface area contributed by atoms with E-state index in [0.717, 1.165) is 31.1 Å². The summed E-state index contributed by atoms with van der Waals surface area (Å²) in [6.45, 7) is 4.67. The van der Waals surface area contributed by atoms with E-state index < -0.39 is 66.3 Å². The molecule has 2 saturated heterocycles. The minimum absolute atomic E-state index is 0. The molecule has 2 unspecified atom stereocenters. The molecule has 2 aliphatic rings. The monoisotopic (exact) mass is 1020 g/mol. The topological polar surface area (TPSA) is 321 Å². The van der Waals surface area contributed by atoms with Gasteiger partial charge in [-0.2, -0.15) is 21.9 Å². The Morgan fingerprint density at radius 2 is 1.27 bits per heavy atom. The number of amides is 4. The highest BCUT2D eigenvalue weighted by molar-refractivity contribution is 8.77. The van der Waals surface area contributed by atoms with Gasteiger partial charge in [-0.3, -0.25) is 38.3 Å². The van der Waals surface area contributed by atoms with Gasteiger partial charge in [0.2, 0.25) is 0 Å². The van der Waals surface area contributed by atoms with Crippen molar-refractivity contribution in [3.63, 3.8) is 0 Å². The molecule has 2 aliphatic heterocycles. The fourth-order valence-corrected chi connectivity index (χ4v) is 9.72. The second-order valence-electron chi connectivity index (χ2n) is 12.3. The van der Waals surface area contributed by atoms with Gasteiger partial charge in [-0.25, -0.2) is 24.7 Å². The molecule has 4 N–H and O–H groups in total. The van der Waals surface area contributed by atoms with Crippen molar-refractivity contribution in [2.75, 3.05) is 45.2 Å². The fraction of sp³-hybridized carbons (Fsp3) is 0.500. The molecular formula is C34H48ClN7O15S6. The van der Waals surface area contributed by atoms with Gasteiger partial charge >= 0.3 is 11.9 Å². The summed E-state index contributed by atoms with van der Waals surface area (Å²) in [5.41, 5.74) is 0. The van der Waals surface area contributed by atoms with Crippen molar-refractivity contribution in [2.45, 2.75) is 72.4 Å². The van der Waals surface area contributed by atoms with Gasteiger partial charge in [0.05, 0.1) is 12.6 Å². The van der Waals surface area contributed by atoms with Crippen molar-refractivity contribution in [3.8, 4) is 0 Å². The van der Waals surface area contributed by atoms with E-state index in [9.17, 15) is 50.2 Å². The van der Waals surface area contributed by atoms with Crippen LogP contribution in [0.25, 0.3) is 0 Å². The molecule has 352 valence electrons. The lowest BCUT2D eigenvalue weighted by Gasteiger charge is -2.17. The number of aliphatic imine (C=N–C) groups is 2. The number of nitrogens with zero attached hydrogens (tertiary/aromatic N) is 7. The smallest absolute Gasteiger partial charge is 0.353 e. The molecule has 22 nitrogen and oxygen atoms in total. The normalized spacial score (nSPS) is 14.4. The van der Waals surface area contributed by atoms with Gasteiger partial charge in [-0.15, -0.1) is 17.5 Å². The molecule has 2 aromatic heterocycles.